The smallest absolute Gasteiger partial charge is 0.329 e. The molecule has 3 aromatic rings. The summed E-state index contributed by atoms with van der Waals surface area (Å²) in [5.41, 5.74) is 1.06. The second-order valence-electron chi connectivity index (χ2n) is 4.94. The first-order chi connectivity index (χ1) is 11.1. The topological polar surface area (TPSA) is 96.9 Å². The molecule has 0 aliphatic carbocycles. The van der Waals surface area contributed by atoms with Gasteiger partial charge in [0.2, 0.25) is 0 Å². The van der Waals surface area contributed by atoms with Gasteiger partial charge in [0, 0.05) is 11.8 Å². The van der Waals surface area contributed by atoms with Crippen molar-refractivity contribution in [1.29, 1.82) is 0 Å². The van der Waals surface area contributed by atoms with Crippen LogP contribution in [-0.2, 0) is 16.1 Å². The van der Waals surface area contributed by atoms with Crippen molar-refractivity contribution < 1.29 is 9.53 Å². The van der Waals surface area contributed by atoms with Gasteiger partial charge in [-0.2, -0.15) is 0 Å². The van der Waals surface area contributed by atoms with Crippen molar-refractivity contribution in [1.82, 2.24) is 14.5 Å². The lowest BCUT2D eigenvalue weighted by Crippen LogP contribution is -2.37. The molecule has 2 aromatic heterocycles. The van der Waals surface area contributed by atoms with Crippen molar-refractivity contribution in [3.05, 3.63) is 57.4 Å². The van der Waals surface area contributed by atoms with E-state index in [0.717, 1.165) is 15.7 Å². The van der Waals surface area contributed by atoms with Crippen molar-refractivity contribution in [3.8, 4) is 11.1 Å². The van der Waals surface area contributed by atoms with Crippen LogP contribution < -0.4 is 11.2 Å². The van der Waals surface area contributed by atoms with Gasteiger partial charge in [0.25, 0.3) is 5.56 Å². The van der Waals surface area contributed by atoms with E-state index in [9.17, 15) is 14.4 Å². The van der Waals surface area contributed by atoms with E-state index in [2.05, 4.69) is 9.97 Å². The second kappa shape index (κ2) is 5.96. The number of benzene rings is 1. The molecule has 0 bridgehead atoms. The molecule has 7 heteroatoms. The Labute approximate surface area is 130 Å². The molecule has 0 fully saturated rings. The van der Waals surface area contributed by atoms with E-state index in [-0.39, 0.29) is 12.1 Å². The number of nitrogens with zero attached hydrogens (tertiary/aromatic N) is 1. The molecule has 0 atom stereocenters. The fraction of sp³-hybridized carbons (Fsp3) is 0.188. The third-order valence-electron chi connectivity index (χ3n) is 3.49. The van der Waals surface area contributed by atoms with Gasteiger partial charge in [0.1, 0.15) is 12.1 Å². The van der Waals surface area contributed by atoms with Crippen molar-refractivity contribution in [2.75, 3.05) is 6.61 Å². The number of fused-ring (bicyclic) bond motifs is 1. The molecule has 118 valence electrons. The average molecular weight is 313 g/mol. The minimum atomic E-state index is -0.646. The van der Waals surface area contributed by atoms with Gasteiger partial charge >= 0.3 is 11.7 Å². The fourth-order valence-corrected chi connectivity index (χ4v) is 2.45. The molecular weight excluding hydrogens is 298 g/mol. The standard InChI is InChI=1S/C16H15N3O4/c1-2-23-12(20)9-19-15(21)14-13(18-16(19)22)11(8-17-14)10-6-4-3-5-7-10/h3-8,17H,2,9H2,1H3,(H,18,22). The van der Waals surface area contributed by atoms with Crippen molar-refractivity contribution in [2.45, 2.75) is 13.5 Å². The van der Waals surface area contributed by atoms with Crippen LogP contribution in [0.25, 0.3) is 22.2 Å². The van der Waals surface area contributed by atoms with Gasteiger partial charge in [0.05, 0.1) is 12.1 Å². The highest BCUT2D eigenvalue weighted by molar-refractivity contribution is 5.91. The highest BCUT2D eigenvalue weighted by atomic mass is 16.5. The first-order valence-electron chi connectivity index (χ1n) is 7.17. The molecule has 0 aliphatic heterocycles. The minimum Gasteiger partial charge on any atom is -0.465 e. The number of aromatic nitrogens is 3. The summed E-state index contributed by atoms with van der Waals surface area (Å²) in [7, 11) is 0. The molecule has 0 saturated heterocycles. The largest absolute Gasteiger partial charge is 0.465 e. The van der Waals surface area contributed by atoms with Crippen LogP contribution >= 0.6 is 0 Å². The summed E-state index contributed by atoms with van der Waals surface area (Å²) < 4.78 is 5.61. The number of ether oxygens (including phenoxy) is 1. The molecule has 7 nitrogen and oxygen atoms in total. The molecule has 2 heterocycles. The average Bonchev–Trinajstić information content (AvgIpc) is 2.96. The lowest BCUT2D eigenvalue weighted by Gasteiger charge is -2.05. The van der Waals surface area contributed by atoms with E-state index in [1.807, 2.05) is 30.3 Å². The Morgan fingerprint density at radius 2 is 1.91 bits per heavy atom. The van der Waals surface area contributed by atoms with Crippen molar-refractivity contribution >= 4 is 17.0 Å². The molecule has 2 N–H and O–H groups in total. The Morgan fingerprint density at radius 3 is 2.61 bits per heavy atom. The van der Waals surface area contributed by atoms with Crippen LogP contribution in [0.2, 0.25) is 0 Å². The maximum Gasteiger partial charge on any atom is 0.329 e. The van der Waals surface area contributed by atoms with Gasteiger partial charge < -0.3 is 14.7 Å². The number of nitrogens with one attached hydrogen (secondary N) is 2. The Hall–Kier alpha value is -3.09. The second-order valence-corrected chi connectivity index (χ2v) is 4.94. The molecule has 1 aromatic carbocycles. The number of carbonyl (C=O) groups excluding carboxylic acids is 1. The van der Waals surface area contributed by atoms with Crippen LogP contribution in [0.3, 0.4) is 0 Å². The minimum absolute atomic E-state index is 0.189. The Kier molecular flexibility index (Phi) is 3.84. The highest BCUT2D eigenvalue weighted by Gasteiger charge is 2.15. The predicted molar refractivity (Wildman–Crippen MR) is 85.2 cm³/mol. The zero-order chi connectivity index (χ0) is 16.4. The van der Waals surface area contributed by atoms with E-state index in [1.165, 1.54) is 0 Å². The van der Waals surface area contributed by atoms with Crippen LogP contribution in [0.5, 0.6) is 0 Å². The highest BCUT2D eigenvalue weighted by Crippen LogP contribution is 2.24. The lowest BCUT2D eigenvalue weighted by atomic mass is 10.1. The van der Waals surface area contributed by atoms with E-state index < -0.39 is 23.8 Å². The summed E-state index contributed by atoms with van der Waals surface area (Å²) in [6, 6.07) is 9.38. The lowest BCUT2D eigenvalue weighted by molar-refractivity contribution is -0.143. The maximum atomic E-state index is 12.4. The predicted octanol–water partition coefficient (Wildman–Crippen LogP) is 1.25. The number of hydrogen-bond donors (Lipinski definition) is 2. The fourth-order valence-electron chi connectivity index (χ4n) is 2.45. The van der Waals surface area contributed by atoms with E-state index in [0.29, 0.717) is 5.52 Å². The number of H-pyrrole nitrogens is 2. The molecule has 0 radical (unpaired) electrons. The van der Waals surface area contributed by atoms with Gasteiger partial charge in [-0.25, -0.2) is 9.36 Å². The molecule has 23 heavy (non-hydrogen) atoms. The molecular formula is C16H15N3O4. The maximum absolute atomic E-state index is 12.4. The van der Waals surface area contributed by atoms with Crippen LogP contribution in [0, 0.1) is 0 Å². The van der Waals surface area contributed by atoms with Crippen LogP contribution in [-0.4, -0.2) is 27.1 Å². The third-order valence-corrected chi connectivity index (χ3v) is 3.49. The van der Waals surface area contributed by atoms with E-state index in [4.69, 9.17) is 4.74 Å². The Bertz CT molecular complexity index is 966. The Balaban J connectivity index is 2.14. The van der Waals surface area contributed by atoms with Crippen LogP contribution in [0.1, 0.15) is 6.92 Å². The quantitative estimate of drug-likeness (QED) is 0.708. The summed E-state index contributed by atoms with van der Waals surface area (Å²) in [5, 5.41) is 0. The zero-order valence-corrected chi connectivity index (χ0v) is 12.5. The summed E-state index contributed by atoms with van der Waals surface area (Å²) >= 11 is 0. The molecule has 0 saturated carbocycles. The van der Waals surface area contributed by atoms with Gasteiger partial charge in [-0.1, -0.05) is 30.3 Å². The number of hydrogen-bond acceptors (Lipinski definition) is 4. The van der Waals surface area contributed by atoms with Crippen molar-refractivity contribution in [2.24, 2.45) is 0 Å². The van der Waals surface area contributed by atoms with Gasteiger partial charge in [-0.3, -0.25) is 9.59 Å². The van der Waals surface area contributed by atoms with Crippen LogP contribution in [0.15, 0.2) is 46.1 Å². The van der Waals surface area contributed by atoms with E-state index >= 15 is 0 Å². The third kappa shape index (κ3) is 2.68. The number of aromatic amines is 2. The van der Waals surface area contributed by atoms with Crippen molar-refractivity contribution in [3.63, 3.8) is 0 Å². The Morgan fingerprint density at radius 1 is 1.17 bits per heavy atom. The SMILES string of the molecule is CCOC(=O)Cn1c(=O)[nH]c2c(-c3ccccc3)c[nH]c2c1=O. The first-order valence-corrected chi connectivity index (χ1v) is 7.17. The molecule has 0 spiro atoms. The van der Waals surface area contributed by atoms with E-state index in [1.54, 1.807) is 13.1 Å². The summed E-state index contributed by atoms with van der Waals surface area (Å²) in [6.07, 6.45) is 1.66. The number of carbonyl (C=O) groups is 1. The molecule has 0 amide bonds. The zero-order valence-electron chi connectivity index (χ0n) is 12.5. The summed E-state index contributed by atoms with van der Waals surface area (Å²) in [4.78, 5) is 41.7. The number of esters is 1. The summed E-state index contributed by atoms with van der Waals surface area (Å²) in [5.74, 6) is -0.630. The summed E-state index contributed by atoms with van der Waals surface area (Å²) in [6.45, 7) is 1.43. The van der Waals surface area contributed by atoms with Gasteiger partial charge in [-0.15, -0.1) is 0 Å². The first kappa shape index (κ1) is 14.8. The molecule has 0 aliphatic rings. The normalized spacial score (nSPS) is 10.8. The monoisotopic (exact) mass is 313 g/mol. The van der Waals surface area contributed by atoms with Crippen LogP contribution in [0.4, 0.5) is 0 Å². The molecule has 0 unspecified atom stereocenters. The van der Waals surface area contributed by atoms with Gasteiger partial charge in [-0.05, 0) is 12.5 Å². The number of rotatable bonds is 4. The molecule has 3 rings (SSSR count). The van der Waals surface area contributed by atoms with Gasteiger partial charge in [0.15, 0.2) is 0 Å².